The van der Waals surface area contributed by atoms with Gasteiger partial charge in [0.05, 0.1) is 0 Å². The molecule has 2 heteroatoms. The van der Waals surface area contributed by atoms with Gasteiger partial charge in [-0.15, -0.1) is 0 Å². The van der Waals surface area contributed by atoms with Crippen LogP contribution in [-0.2, 0) is 26.2 Å². The molecule has 0 heterocycles. The van der Waals surface area contributed by atoms with Crippen molar-refractivity contribution in [2.45, 2.75) is 59.3 Å². The first-order valence-corrected chi connectivity index (χ1v) is 5.12. The fraction of sp³-hybridized carbons (Fsp3) is 0.750. The van der Waals surface area contributed by atoms with Gasteiger partial charge in [0, 0.05) is 0 Å². The fourth-order valence-electron chi connectivity index (χ4n) is 0. The maximum atomic E-state index is 3.60. The largest absolute Gasteiger partial charge is 4.00 e. The van der Waals surface area contributed by atoms with Gasteiger partial charge >= 0.3 is 26.2 Å². The van der Waals surface area contributed by atoms with E-state index in [4.69, 9.17) is 0 Å². The van der Waals surface area contributed by atoms with Crippen molar-refractivity contribution in [2.24, 2.45) is 0 Å². The Hall–Kier alpha value is 1.36. The zero-order valence-electron chi connectivity index (χ0n) is 10.2. The van der Waals surface area contributed by atoms with Gasteiger partial charge in [0.25, 0.3) is 0 Å². The number of halogens is 1. The van der Waals surface area contributed by atoms with Crippen LogP contribution in [0.4, 0.5) is 0 Å². The molecular weight excluding hydrogens is 315 g/mol. The molecule has 0 unspecified atom stereocenters. The van der Waals surface area contributed by atoms with E-state index in [1.165, 1.54) is 19.3 Å². The second-order valence-corrected chi connectivity index (χ2v) is 2.56. The van der Waals surface area contributed by atoms with Gasteiger partial charge in [0.15, 0.2) is 0 Å². The van der Waals surface area contributed by atoms with Crippen LogP contribution in [-0.4, -0.2) is 0 Å². The summed E-state index contributed by atoms with van der Waals surface area (Å²) >= 11 is 0. The average Bonchev–Trinajstić information content (AvgIpc) is 2.18. The molecule has 0 bridgehead atoms. The van der Waals surface area contributed by atoms with Crippen molar-refractivity contribution in [1.29, 1.82) is 0 Å². The quantitative estimate of drug-likeness (QED) is 0.687. The van der Waals surface area contributed by atoms with E-state index in [0.29, 0.717) is 0 Å². The zero-order chi connectivity index (χ0) is 10.2. The van der Waals surface area contributed by atoms with Gasteiger partial charge in [0.1, 0.15) is 0 Å². The number of unbranched alkanes of at least 4 members (excludes halogenated alkanes) is 3. The normalized spacial score (nSPS) is 6.43. The topological polar surface area (TPSA) is 0 Å². The average molecular weight is 342 g/mol. The Morgan fingerprint density at radius 2 is 0.714 bits per heavy atom. The molecule has 0 saturated heterocycles. The molecule has 0 aromatic carbocycles. The van der Waals surface area contributed by atoms with Crippen molar-refractivity contribution in [3.8, 4) is 0 Å². The van der Waals surface area contributed by atoms with Gasteiger partial charge in [-0.1, -0.05) is 40.0 Å². The summed E-state index contributed by atoms with van der Waals surface area (Å²) in [4.78, 5) is 0. The summed E-state index contributed by atoms with van der Waals surface area (Å²) < 4.78 is 0. The molecule has 0 nitrogen and oxygen atoms in total. The molecule has 14 heavy (non-hydrogen) atoms. The molecule has 0 spiro atoms. The van der Waals surface area contributed by atoms with Gasteiger partial charge in [0.2, 0.25) is 0 Å². The number of hydrogen-bond donors (Lipinski definition) is 0. The minimum atomic E-state index is 0. The van der Waals surface area contributed by atoms with Gasteiger partial charge in [-0.05, 0) is 0 Å². The standard InChI is InChI=1S/3C4H9.BrH.Zr/c3*1-3-4-2;;/h3*1,3-4H2,2H3;1H;/q3*-1;;+4/p-1. The Morgan fingerprint density at radius 3 is 0.714 bits per heavy atom. The third-order valence-corrected chi connectivity index (χ3v) is 1.06. The minimum absolute atomic E-state index is 0. The maximum Gasteiger partial charge on any atom is 4.00 e. The molecule has 0 aromatic rings. The van der Waals surface area contributed by atoms with E-state index in [9.17, 15) is 0 Å². The zero-order valence-corrected chi connectivity index (χ0v) is 14.3. The van der Waals surface area contributed by atoms with E-state index in [2.05, 4.69) is 41.5 Å². The van der Waals surface area contributed by atoms with Crippen molar-refractivity contribution in [3.05, 3.63) is 20.8 Å². The predicted octanol–water partition coefficient (Wildman–Crippen LogP) is 1.86. The van der Waals surface area contributed by atoms with Crippen LogP contribution in [0.1, 0.15) is 59.3 Å². The van der Waals surface area contributed by atoms with E-state index in [1.54, 1.807) is 0 Å². The Kier molecular flexibility index (Phi) is 99.7. The molecule has 86 valence electrons. The molecular formula is C12H27BrZr. The molecule has 0 aromatic heterocycles. The Balaban J connectivity index is -0.0000000270. The third kappa shape index (κ3) is 107. The molecule has 0 amide bonds. The summed E-state index contributed by atoms with van der Waals surface area (Å²) in [6.07, 6.45) is 6.83. The SMILES string of the molecule is [Br-].[CH2-]CCC.[CH2-]CCC.[CH2-]CCC.[Zr+4]. The van der Waals surface area contributed by atoms with E-state index in [-0.39, 0.29) is 43.2 Å². The molecule has 0 atom stereocenters. The fourth-order valence-corrected chi connectivity index (χ4v) is 0. The summed E-state index contributed by atoms with van der Waals surface area (Å²) in [5.74, 6) is 0. The van der Waals surface area contributed by atoms with Crippen LogP contribution in [0.25, 0.3) is 0 Å². The van der Waals surface area contributed by atoms with Crippen LogP contribution in [0, 0.1) is 20.8 Å². The van der Waals surface area contributed by atoms with E-state index in [1.807, 2.05) is 0 Å². The summed E-state index contributed by atoms with van der Waals surface area (Å²) in [5.41, 5.74) is 0. The van der Waals surface area contributed by atoms with Gasteiger partial charge in [-0.3, -0.25) is 0 Å². The molecule has 0 fully saturated rings. The molecule has 0 aliphatic carbocycles. The molecule has 0 radical (unpaired) electrons. The first-order valence-electron chi connectivity index (χ1n) is 5.12. The number of rotatable bonds is 3. The smallest absolute Gasteiger partial charge is 1.00 e. The first kappa shape index (κ1) is 29.5. The predicted molar refractivity (Wildman–Crippen MR) is 60.8 cm³/mol. The second kappa shape index (κ2) is 47.3. The summed E-state index contributed by atoms with van der Waals surface area (Å²) in [6, 6.07) is 0. The molecule has 0 N–H and O–H groups in total. The van der Waals surface area contributed by atoms with Crippen molar-refractivity contribution < 1.29 is 43.2 Å². The Bertz CT molecular complexity index is 25.8. The van der Waals surface area contributed by atoms with Gasteiger partial charge in [-0.25, -0.2) is 0 Å². The van der Waals surface area contributed by atoms with Crippen LogP contribution in [0.15, 0.2) is 0 Å². The minimum Gasteiger partial charge on any atom is -1.00 e. The van der Waals surface area contributed by atoms with E-state index in [0.717, 1.165) is 19.3 Å². The van der Waals surface area contributed by atoms with Gasteiger partial charge < -0.3 is 37.8 Å². The molecule has 0 aliphatic rings. The van der Waals surface area contributed by atoms with Crippen molar-refractivity contribution in [3.63, 3.8) is 0 Å². The number of hydrogen-bond acceptors (Lipinski definition) is 0. The van der Waals surface area contributed by atoms with Crippen LogP contribution in [0.3, 0.4) is 0 Å². The van der Waals surface area contributed by atoms with E-state index < -0.39 is 0 Å². The Morgan fingerprint density at radius 1 is 0.643 bits per heavy atom. The molecule has 0 rings (SSSR count). The second-order valence-electron chi connectivity index (χ2n) is 2.56. The summed E-state index contributed by atoms with van der Waals surface area (Å²) in [7, 11) is 0. The van der Waals surface area contributed by atoms with Crippen LogP contribution in [0.5, 0.6) is 0 Å². The maximum absolute atomic E-state index is 3.60. The van der Waals surface area contributed by atoms with Crippen LogP contribution < -0.4 is 17.0 Å². The van der Waals surface area contributed by atoms with Crippen molar-refractivity contribution in [1.82, 2.24) is 0 Å². The summed E-state index contributed by atoms with van der Waals surface area (Å²) in [6.45, 7) is 17.2. The molecule has 0 saturated carbocycles. The third-order valence-electron chi connectivity index (χ3n) is 1.06. The first-order chi connectivity index (χ1) is 5.74. The van der Waals surface area contributed by atoms with Gasteiger partial charge in [-0.2, -0.15) is 19.3 Å². The van der Waals surface area contributed by atoms with Crippen molar-refractivity contribution >= 4 is 0 Å². The summed E-state index contributed by atoms with van der Waals surface area (Å²) in [5, 5.41) is 0. The van der Waals surface area contributed by atoms with Crippen molar-refractivity contribution in [2.75, 3.05) is 0 Å². The Labute approximate surface area is 123 Å². The van der Waals surface area contributed by atoms with Crippen LogP contribution in [0.2, 0.25) is 0 Å². The molecule has 0 aliphatic heterocycles. The van der Waals surface area contributed by atoms with E-state index >= 15 is 0 Å². The monoisotopic (exact) mass is 340 g/mol. The van der Waals surface area contributed by atoms with Crippen LogP contribution >= 0.6 is 0 Å².